The number of rotatable bonds is 7. The lowest BCUT2D eigenvalue weighted by atomic mass is 9.59. The molecule has 6 rings (SSSR count). The van der Waals surface area contributed by atoms with Crippen molar-refractivity contribution < 1.29 is 14.6 Å². The van der Waals surface area contributed by atoms with Crippen molar-refractivity contribution in [1.29, 1.82) is 0 Å². The molecule has 0 bridgehead atoms. The van der Waals surface area contributed by atoms with Crippen molar-refractivity contribution in [3.8, 4) is 5.75 Å². The van der Waals surface area contributed by atoms with Crippen LogP contribution in [0.15, 0.2) is 103 Å². The normalized spacial score (nSPS) is 23.8. The Morgan fingerprint density at radius 2 is 1.62 bits per heavy atom. The standard InChI is InChI=1S/C34H32ClNO3/c35-27-12-7-13-28(22-27)36-34(32(37)38)18-16-33(17-19-34)30-15-5-4-10-26(30)21-31(33)25-11-6-14-29(20-25)39-23-24-8-2-1-3-9-24/h1-15,20,22,31,36H,16-19,21,23H2,(H,37,38)/t31-,33?,34?/m0/s1. The number of benzene rings is 4. The molecule has 1 saturated carbocycles. The summed E-state index contributed by atoms with van der Waals surface area (Å²) in [7, 11) is 0. The fourth-order valence-electron chi connectivity index (χ4n) is 6.76. The van der Waals surface area contributed by atoms with Gasteiger partial charge < -0.3 is 15.2 Å². The van der Waals surface area contributed by atoms with Crippen LogP contribution >= 0.6 is 11.6 Å². The van der Waals surface area contributed by atoms with Gasteiger partial charge in [-0.25, -0.2) is 4.79 Å². The van der Waals surface area contributed by atoms with Crippen molar-refractivity contribution in [3.05, 3.63) is 130 Å². The first-order valence-corrected chi connectivity index (χ1v) is 14.0. The maximum atomic E-state index is 12.7. The van der Waals surface area contributed by atoms with Crippen LogP contribution in [-0.4, -0.2) is 16.6 Å². The highest BCUT2D eigenvalue weighted by atomic mass is 35.5. The monoisotopic (exact) mass is 537 g/mol. The summed E-state index contributed by atoms with van der Waals surface area (Å²) in [6, 6.07) is 34.7. The number of ether oxygens (including phenoxy) is 1. The molecule has 0 amide bonds. The van der Waals surface area contributed by atoms with Crippen LogP contribution in [-0.2, 0) is 23.2 Å². The molecule has 5 heteroatoms. The SMILES string of the molecule is O=C(O)C1(Nc2cccc(Cl)c2)CCC2(CC1)c1ccccc1C[C@H]2c1cccc(OCc2ccccc2)c1. The van der Waals surface area contributed by atoms with Gasteiger partial charge in [0.1, 0.15) is 17.9 Å². The van der Waals surface area contributed by atoms with E-state index in [1.165, 1.54) is 16.7 Å². The van der Waals surface area contributed by atoms with Crippen molar-refractivity contribution in [2.45, 2.75) is 55.6 Å². The Labute approximate surface area is 234 Å². The lowest BCUT2D eigenvalue weighted by Crippen LogP contribution is -2.52. The molecule has 0 aromatic heterocycles. The third kappa shape index (κ3) is 4.90. The minimum absolute atomic E-state index is 0.121. The van der Waals surface area contributed by atoms with Gasteiger partial charge in [-0.1, -0.05) is 84.4 Å². The molecular formula is C34H32ClNO3. The molecule has 0 aliphatic heterocycles. The largest absolute Gasteiger partial charge is 0.489 e. The number of hydrogen-bond acceptors (Lipinski definition) is 3. The fourth-order valence-corrected chi connectivity index (χ4v) is 6.95. The number of hydrogen-bond donors (Lipinski definition) is 2. The van der Waals surface area contributed by atoms with E-state index in [0.29, 0.717) is 24.5 Å². The minimum atomic E-state index is -1.03. The van der Waals surface area contributed by atoms with E-state index >= 15 is 0 Å². The van der Waals surface area contributed by atoms with Crippen molar-refractivity contribution in [3.63, 3.8) is 0 Å². The van der Waals surface area contributed by atoms with E-state index in [4.69, 9.17) is 16.3 Å². The third-order valence-electron chi connectivity index (χ3n) is 8.77. The average Bonchev–Trinajstić information content (AvgIpc) is 3.28. The second-order valence-corrected chi connectivity index (χ2v) is 11.4. The van der Waals surface area contributed by atoms with Crippen LogP contribution in [0.25, 0.3) is 0 Å². The number of carbonyl (C=O) groups is 1. The number of fused-ring (bicyclic) bond motifs is 2. The first-order valence-electron chi connectivity index (χ1n) is 13.6. The maximum Gasteiger partial charge on any atom is 0.329 e. The van der Waals surface area contributed by atoms with Crippen LogP contribution in [0.5, 0.6) is 5.75 Å². The molecule has 39 heavy (non-hydrogen) atoms. The van der Waals surface area contributed by atoms with E-state index in [0.717, 1.165) is 36.3 Å². The summed E-state index contributed by atoms with van der Waals surface area (Å²) >= 11 is 6.20. The fraction of sp³-hybridized carbons (Fsp3) is 0.265. The summed E-state index contributed by atoms with van der Waals surface area (Å²) < 4.78 is 6.19. The quantitative estimate of drug-likeness (QED) is 0.251. The number of halogens is 1. The number of nitrogens with one attached hydrogen (secondary N) is 1. The van der Waals surface area contributed by atoms with Crippen molar-refractivity contribution in [2.75, 3.05) is 5.32 Å². The average molecular weight is 538 g/mol. The van der Waals surface area contributed by atoms with Gasteiger partial charge in [0.15, 0.2) is 0 Å². The molecule has 4 nitrogen and oxygen atoms in total. The van der Waals surface area contributed by atoms with Crippen LogP contribution in [0.1, 0.15) is 53.9 Å². The topological polar surface area (TPSA) is 58.6 Å². The number of aliphatic carboxylic acids is 1. The molecule has 0 unspecified atom stereocenters. The highest BCUT2D eigenvalue weighted by molar-refractivity contribution is 6.30. The smallest absolute Gasteiger partial charge is 0.329 e. The lowest BCUT2D eigenvalue weighted by molar-refractivity contribution is -0.144. The number of carboxylic acid groups (broad SMARTS) is 1. The second kappa shape index (κ2) is 10.4. The Hall–Kier alpha value is -3.76. The summed E-state index contributed by atoms with van der Waals surface area (Å²) in [6.45, 7) is 0.524. The zero-order valence-corrected chi connectivity index (χ0v) is 22.5. The maximum absolute atomic E-state index is 12.7. The summed E-state index contributed by atoms with van der Waals surface area (Å²) in [5.74, 6) is 0.311. The molecule has 2 aliphatic carbocycles. The van der Waals surface area contributed by atoms with E-state index in [2.05, 4.69) is 59.9 Å². The second-order valence-electron chi connectivity index (χ2n) is 10.9. The molecule has 0 radical (unpaired) electrons. The predicted octanol–water partition coefficient (Wildman–Crippen LogP) is 8.01. The van der Waals surface area contributed by atoms with Crippen molar-refractivity contribution >= 4 is 23.3 Å². The molecular weight excluding hydrogens is 506 g/mol. The Balaban J connectivity index is 1.29. The van der Waals surface area contributed by atoms with Crippen LogP contribution in [0.3, 0.4) is 0 Å². The Morgan fingerprint density at radius 3 is 2.38 bits per heavy atom. The van der Waals surface area contributed by atoms with E-state index in [1.54, 1.807) is 12.1 Å². The molecule has 4 aromatic rings. The van der Waals surface area contributed by atoms with Crippen LogP contribution in [0.2, 0.25) is 5.02 Å². The molecule has 0 saturated heterocycles. The first-order chi connectivity index (χ1) is 19.0. The number of anilines is 1. The molecule has 2 aliphatic rings. The predicted molar refractivity (Wildman–Crippen MR) is 156 cm³/mol. The van der Waals surface area contributed by atoms with Gasteiger partial charge in [0.05, 0.1) is 0 Å². The van der Waals surface area contributed by atoms with Gasteiger partial charge >= 0.3 is 5.97 Å². The zero-order valence-electron chi connectivity index (χ0n) is 21.8. The van der Waals surface area contributed by atoms with E-state index in [9.17, 15) is 9.90 Å². The van der Waals surface area contributed by atoms with Gasteiger partial charge in [0.25, 0.3) is 0 Å². The zero-order chi connectivity index (χ0) is 26.9. The number of carboxylic acids is 1. The molecule has 0 heterocycles. The Bertz CT molecular complexity index is 1480. The molecule has 1 spiro atoms. The van der Waals surface area contributed by atoms with E-state index in [1.807, 2.05) is 36.4 Å². The van der Waals surface area contributed by atoms with Gasteiger partial charge in [0, 0.05) is 16.1 Å². The molecule has 1 fully saturated rings. The van der Waals surface area contributed by atoms with Gasteiger partial charge in [-0.2, -0.15) is 0 Å². The van der Waals surface area contributed by atoms with Gasteiger partial charge in [-0.3, -0.25) is 0 Å². The highest BCUT2D eigenvalue weighted by Crippen LogP contribution is 2.58. The van der Waals surface area contributed by atoms with Crippen LogP contribution < -0.4 is 10.1 Å². The van der Waals surface area contributed by atoms with Gasteiger partial charge in [-0.05, 0) is 90.6 Å². The Kier molecular flexibility index (Phi) is 6.82. The molecule has 4 aromatic carbocycles. The van der Waals surface area contributed by atoms with Gasteiger partial charge in [-0.15, -0.1) is 0 Å². The summed E-state index contributed by atoms with van der Waals surface area (Å²) in [6.07, 6.45) is 3.57. The van der Waals surface area contributed by atoms with Crippen LogP contribution in [0.4, 0.5) is 5.69 Å². The summed E-state index contributed by atoms with van der Waals surface area (Å²) in [5.41, 5.74) is 4.71. The van der Waals surface area contributed by atoms with Crippen molar-refractivity contribution in [1.82, 2.24) is 0 Å². The van der Waals surface area contributed by atoms with Crippen LogP contribution in [0, 0.1) is 0 Å². The molecule has 2 N–H and O–H groups in total. The first kappa shape index (κ1) is 25.5. The Morgan fingerprint density at radius 1 is 0.872 bits per heavy atom. The van der Waals surface area contributed by atoms with E-state index < -0.39 is 11.5 Å². The van der Waals surface area contributed by atoms with Gasteiger partial charge in [0.2, 0.25) is 0 Å². The lowest BCUT2D eigenvalue weighted by Gasteiger charge is -2.47. The molecule has 1 atom stereocenters. The summed E-state index contributed by atoms with van der Waals surface area (Å²) in [5, 5.41) is 14.4. The van der Waals surface area contributed by atoms with E-state index in [-0.39, 0.29) is 11.3 Å². The summed E-state index contributed by atoms with van der Waals surface area (Å²) in [4.78, 5) is 12.7. The van der Waals surface area contributed by atoms with Crippen molar-refractivity contribution in [2.24, 2.45) is 0 Å². The highest BCUT2D eigenvalue weighted by Gasteiger charge is 2.54. The minimum Gasteiger partial charge on any atom is -0.489 e. The molecule has 198 valence electrons. The third-order valence-corrected chi connectivity index (χ3v) is 9.00.